The van der Waals surface area contributed by atoms with Crippen LogP contribution in [0.25, 0.3) is 0 Å². The van der Waals surface area contributed by atoms with Gasteiger partial charge in [0.15, 0.2) is 0 Å². The maximum Gasteiger partial charge on any atom is 0.337 e. The fraction of sp³-hybridized carbons (Fsp3) is 0.533. The molecule has 2 aliphatic heterocycles. The molecule has 19 heavy (non-hydrogen) atoms. The number of carbonyl (C=O) groups is 1. The SMILES string of the molecule is COC(=O)c1ccc(N2CCCC3(CNC3)C2)cc1. The lowest BCUT2D eigenvalue weighted by Gasteiger charge is -2.50. The number of rotatable bonds is 2. The predicted octanol–water partition coefficient (Wildman–Crippen LogP) is 1.66. The first-order chi connectivity index (χ1) is 9.22. The van der Waals surface area contributed by atoms with E-state index in [1.165, 1.54) is 25.6 Å². The van der Waals surface area contributed by atoms with Crippen LogP contribution in [-0.4, -0.2) is 39.3 Å². The van der Waals surface area contributed by atoms with Gasteiger partial charge in [0.25, 0.3) is 0 Å². The lowest BCUT2D eigenvalue weighted by atomic mass is 9.75. The Bertz CT molecular complexity index is 466. The lowest BCUT2D eigenvalue weighted by molar-refractivity contribution is 0.0600. The zero-order chi connectivity index (χ0) is 13.3. The largest absolute Gasteiger partial charge is 0.465 e. The molecule has 0 atom stereocenters. The van der Waals surface area contributed by atoms with Gasteiger partial charge in [0.05, 0.1) is 12.7 Å². The minimum atomic E-state index is -0.273. The summed E-state index contributed by atoms with van der Waals surface area (Å²) in [5, 5.41) is 3.39. The molecule has 4 heteroatoms. The normalized spacial score (nSPS) is 21.0. The number of ether oxygens (including phenoxy) is 1. The highest BCUT2D eigenvalue weighted by Gasteiger charge is 2.40. The van der Waals surface area contributed by atoms with Crippen LogP contribution in [0, 0.1) is 5.41 Å². The van der Waals surface area contributed by atoms with E-state index in [1.54, 1.807) is 0 Å². The van der Waals surface area contributed by atoms with Gasteiger partial charge in [0.2, 0.25) is 0 Å². The van der Waals surface area contributed by atoms with Gasteiger partial charge in [0.1, 0.15) is 0 Å². The number of hydrogen-bond acceptors (Lipinski definition) is 4. The molecule has 0 aliphatic carbocycles. The van der Waals surface area contributed by atoms with E-state index in [1.807, 2.05) is 24.3 Å². The van der Waals surface area contributed by atoms with Crippen molar-refractivity contribution in [1.82, 2.24) is 5.32 Å². The van der Waals surface area contributed by atoms with Crippen LogP contribution >= 0.6 is 0 Å². The minimum absolute atomic E-state index is 0.273. The van der Waals surface area contributed by atoms with Gasteiger partial charge in [-0.1, -0.05) is 0 Å². The Morgan fingerprint density at radius 3 is 2.63 bits per heavy atom. The van der Waals surface area contributed by atoms with Gasteiger partial charge in [-0.3, -0.25) is 0 Å². The Hall–Kier alpha value is -1.55. The molecule has 0 aromatic heterocycles. The number of benzene rings is 1. The van der Waals surface area contributed by atoms with Crippen molar-refractivity contribution in [3.8, 4) is 0 Å². The van der Waals surface area contributed by atoms with E-state index in [0.29, 0.717) is 11.0 Å². The summed E-state index contributed by atoms with van der Waals surface area (Å²) in [7, 11) is 1.41. The van der Waals surface area contributed by atoms with Crippen molar-refractivity contribution in [3.63, 3.8) is 0 Å². The van der Waals surface area contributed by atoms with Crippen LogP contribution in [0.4, 0.5) is 5.69 Å². The monoisotopic (exact) mass is 260 g/mol. The summed E-state index contributed by atoms with van der Waals surface area (Å²) in [6, 6.07) is 7.75. The quantitative estimate of drug-likeness (QED) is 0.821. The molecule has 1 spiro atoms. The molecule has 1 aromatic carbocycles. The maximum absolute atomic E-state index is 11.4. The molecule has 1 N–H and O–H groups in total. The van der Waals surface area contributed by atoms with Crippen molar-refractivity contribution in [2.75, 3.05) is 38.2 Å². The van der Waals surface area contributed by atoms with Crippen molar-refractivity contribution in [1.29, 1.82) is 0 Å². The fourth-order valence-corrected chi connectivity index (χ4v) is 3.12. The molecule has 0 amide bonds. The van der Waals surface area contributed by atoms with Crippen molar-refractivity contribution in [2.24, 2.45) is 5.41 Å². The second-order valence-corrected chi connectivity index (χ2v) is 5.67. The van der Waals surface area contributed by atoms with Crippen LogP contribution < -0.4 is 10.2 Å². The van der Waals surface area contributed by atoms with E-state index >= 15 is 0 Å². The standard InChI is InChI=1S/C15H20N2O2/c1-19-14(18)12-3-5-13(6-4-12)17-8-2-7-15(11-17)9-16-10-15/h3-6,16H,2,7-11H2,1H3. The molecular formula is C15H20N2O2. The zero-order valence-corrected chi connectivity index (χ0v) is 11.3. The average molecular weight is 260 g/mol. The number of hydrogen-bond donors (Lipinski definition) is 1. The van der Waals surface area contributed by atoms with Crippen LogP contribution in [-0.2, 0) is 4.74 Å². The molecule has 2 aliphatic rings. The summed E-state index contributed by atoms with van der Waals surface area (Å²) >= 11 is 0. The molecule has 1 aromatic rings. The number of piperidine rings is 1. The Morgan fingerprint density at radius 2 is 2.05 bits per heavy atom. The van der Waals surface area contributed by atoms with Crippen molar-refractivity contribution < 1.29 is 9.53 Å². The summed E-state index contributed by atoms with van der Waals surface area (Å²) < 4.78 is 4.72. The van der Waals surface area contributed by atoms with E-state index < -0.39 is 0 Å². The summed E-state index contributed by atoms with van der Waals surface area (Å²) in [4.78, 5) is 13.9. The van der Waals surface area contributed by atoms with Crippen LogP contribution in [0.15, 0.2) is 24.3 Å². The van der Waals surface area contributed by atoms with E-state index in [0.717, 1.165) is 26.2 Å². The number of esters is 1. The fourth-order valence-electron chi connectivity index (χ4n) is 3.12. The first-order valence-corrected chi connectivity index (χ1v) is 6.87. The number of anilines is 1. The van der Waals surface area contributed by atoms with Crippen molar-refractivity contribution in [2.45, 2.75) is 12.8 Å². The summed E-state index contributed by atoms with van der Waals surface area (Å²) in [6.07, 6.45) is 2.58. The van der Waals surface area contributed by atoms with E-state index in [2.05, 4.69) is 10.2 Å². The van der Waals surface area contributed by atoms with Gasteiger partial charge in [-0.05, 0) is 37.1 Å². The van der Waals surface area contributed by atoms with Crippen LogP contribution in [0.5, 0.6) is 0 Å². The summed E-state index contributed by atoms with van der Waals surface area (Å²) in [6.45, 7) is 4.52. The molecule has 0 bridgehead atoms. The third-order valence-corrected chi connectivity index (χ3v) is 4.31. The maximum atomic E-state index is 11.4. The number of methoxy groups -OCH3 is 1. The molecule has 2 saturated heterocycles. The smallest absolute Gasteiger partial charge is 0.337 e. The van der Waals surface area contributed by atoms with Crippen LogP contribution in [0.3, 0.4) is 0 Å². The van der Waals surface area contributed by atoms with Gasteiger partial charge in [-0.2, -0.15) is 0 Å². The third kappa shape index (κ3) is 2.32. The summed E-state index contributed by atoms with van der Waals surface area (Å²) in [5.74, 6) is -0.273. The van der Waals surface area contributed by atoms with Gasteiger partial charge < -0.3 is 15.0 Å². The molecule has 2 fully saturated rings. The van der Waals surface area contributed by atoms with E-state index in [4.69, 9.17) is 4.74 Å². The van der Waals surface area contributed by atoms with Crippen LogP contribution in [0.1, 0.15) is 23.2 Å². The molecule has 2 heterocycles. The summed E-state index contributed by atoms with van der Waals surface area (Å²) in [5.41, 5.74) is 2.31. The highest BCUT2D eigenvalue weighted by molar-refractivity contribution is 5.89. The molecule has 0 saturated carbocycles. The number of carbonyl (C=O) groups excluding carboxylic acids is 1. The molecular weight excluding hydrogens is 240 g/mol. The minimum Gasteiger partial charge on any atom is -0.465 e. The molecule has 3 rings (SSSR count). The second kappa shape index (κ2) is 4.85. The van der Waals surface area contributed by atoms with E-state index in [-0.39, 0.29) is 5.97 Å². The topological polar surface area (TPSA) is 41.6 Å². The molecule has 0 radical (unpaired) electrons. The average Bonchev–Trinajstić information content (AvgIpc) is 2.45. The van der Waals surface area contributed by atoms with Gasteiger partial charge >= 0.3 is 5.97 Å². The number of nitrogens with one attached hydrogen (secondary N) is 1. The first-order valence-electron chi connectivity index (χ1n) is 6.87. The third-order valence-electron chi connectivity index (χ3n) is 4.31. The Kier molecular flexibility index (Phi) is 3.19. The van der Waals surface area contributed by atoms with Gasteiger partial charge in [0, 0.05) is 37.3 Å². The Labute approximate surface area is 113 Å². The Balaban J connectivity index is 1.73. The van der Waals surface area contributed by atoms with Gasteiger partial charge in [-0.15, -0.1) is 0 Å². The van der Waals surface area contributed by atoms with Gasteiger partial charge in [-0.25, -0.2) is 4.79 Å². The molecule has 102 valence electrons. The highest BCUT2D eigenvalue weighted by Crippen LogP contribution is 2.35. The number of nitrogens with zero attached hydrogens (tertiary/aromatic N) is 1. The van der Waals surface area contributed by atoms with Crippen LogP contribution in [0.2, 0.25) is 0 Å². The van der Waals surface area contributed by atoms with Crippen molar-refractivity contribution in [3.05, 3.63) is 29.8 Å². The predicted molar refractivity (Wildman–Crippen MR) is 74.5 cm³/mol. The zero-order valence-electron chi connectivity index (χ0n) is 11.3. The van der Waals surface area contributed by atoms with E-state index in [9.17, 15) is 4.79 Å². The highest BCUT2D eigenvalue weighted by atomic mass is 16.5. The van der Waals surface area contributed by atoms with Crippen molar-refractivity contribution >= 4 is 11.7 Å². The first kappa shape index (κ1) is 12.5. The molecule has 4 nitrogen and oxygen atoms in total. The second-order valence-electron chi connectivity index (χ2n) is 5.67. The lowest BCUT2D eigenvalue weighted by Crippen LogP contribution is -2.61. The Morgan fingerprint density at radius 1 is 1.32 bits per heavy atom. The molecule has 0 unspecified atom stereocenters.